The summed E-state index contributed by atoms with van der Waals surface area (Å²) in [4.78, 5) is 29.9. The van der Waals surface area contributed by atoms with Crippen LogP contribution in [0.4, 0.5) is 5.69 Å². The fraction of sp³-hybridized carbons (Fsp3) is 0.257. The lowest BCUT2D eigenvalue weighted by Gasteiger charge is -2.34. The number of carbonyl (C=O) groups excluding carboxylic acids is 2. The van der Waals surface area contributed by atoms with Gasteiger partial charge in [-0.15, -0.1) is 0 Å². The summed E-state index contributed by atoms with van der Waals surface area (Å²) < 4.78 is 29.3. The molecular formula is C35H39N3O4S. The van der Waals surface area contributed by atoms with Gasteiger partial charge in [-0.2, -0.15) is 0 Å². The number of para-hydroxylation sites is 1. The Bertz CT molecular complexity index is 1600. The SMILES string of the molecule is CCC(C)NC(=O)C(Cc1ccccc1)N(Cc1ccccc1)C(=O)CN(c1ccccc1C)S(=O)(=O)c1ccccc1. The van der Waals surface area contributed by atoms with Crippen LogP contribution in [0.25, 0.3) is 0 Å². The maximum Gasteiger partial charge on any atom is 0.264 e. The molecule has 0 aromatic heterocycles. The number of carbonyl (C=O) groups is 2. The summed E-state index contributed by atoms with van der Waals surface area (Å²) in [6, 6.07) is 33.2. The molecule has 4 rings (SSSR count). The van der Waals surface area contributed by atoms with Crippen LogP contribution in [0.2, 0.25) is 0 Å². The molecule has 0 saturated heterocycles. The van der Waals surface area contributed by atoms with Crippen molar-refractivity contribution in [2.75, 3.05) is 10.8 Å². The van der Waals surface area contributed by atoms with Crippen LogP contribution in [0.3, 0.4) is 0 Å². The summed E-state index contributed by atoms with van der Waals surface area (Å²) in [6.45, 7) is 5.38. The number of nitrogens with one attached hydrogen (secondary N) is 1. The highest BCUT2D eigenvalue weighted by atomic mass is 32.2. The first kappa shape index (κ1) is 31.5. The second-order valence-electron chi connectivity index (χ2n) is 10.6. The van der Waals surface area contributed by atoms with Crippen molar-refractivity contribution < 1.29 is 18.0 Å². The predicted molar refractivity (Wildman–Crippen MR) is 171 cm³/mol. The van der Waals surface area contributed by atoms with Crippen LogP contribution in [-0.2, 0) is 32.6 Å². The predicted octanol–water partition coefficient (Wildman–Crippen LogP) is 5.75. The fourth-order valence-corrected chi connectivity index (χ4v) is 6.35. The van der Waals surface area contributed by atoms with Gasteiger partial charge in [0, 0.05) is 19.0 Å². The number of anilines is 1. The first-order valence-corrected chi connectivity index (χ1v) is 16.0. The van der Waals surface area contributed by atoms with E-state index in [0.717, 1.165) is 21.9 Å². The molecule has 2 unspecified atom stereocenters. The van der Waals surface area contributed by atoms with E-state index in [1.807, 2.05) is 93.6 Å². The minimum Gasteiger partial charge on any atom is -0.352 e. The van der Waals surface area contributed by atoms with Crippen molar-refractivity contribution >= 4 is 27.5 Å². The maximum absolute atomic E-state index is 14.5. The van der Waals surface area contributed by atoms with Gasteiger partial charge >= 0.3 is 0 Å². The summed E-state index contributed by atoms with van der Waals surface area (Å²) in [5, 5.41) is 3.06. The third-order valence-corrected chi connectivity index (χ3v) is 9.24. The van der Waals surface area contributed by atoms with Crippen molar-refractivity contribution in [3.63, 3.8) is 0 Å². The zero-order valence-electron chi connectivity index (χ0n) is 24.9. The summed E-state index contributed by atoms with van der Waals surface area (Å²) in [6.07, 6.45) is 1.00. The molecule has 224 valence electrons. The van der Waals surface area contributed by atoms with E-state index >= 15 is 0 Å². The molecule has 0 bridgehead atoms. The van der Waals surface area contributed by atoms with E-state index in [0.29, 0.717) is 11.3 Å². The average Bonchev–Trinajstić information content (AvgIpc) is 3.03. The minimum absolute atomic E-state index is 0.0796. The van der Waals surface area contributed by atoms with Gasteiger partial charge in [0.1, 0.15) is 12.6 Å². The molecule has 0 aliphatic heterocycles. The molecule has 0 fully saturated rings. The monoisotopic (exact) mass is 597 g/mol. The molecule has 0 radical (unpaired) electrons. The highest BCUT2D eigenvalue weighted by Gasteiger charge is 2.35. The molecule has 0 aliphatic carbocycles. The van der Waals surface area contributed by atoms with Crippen LogP contribution >= 0.6 is 0 Å². The molecule has 4 aromatic rings. The van der Waals surface area contributed by atoms with Crippen LogP contribution in [0.5, 0.6) is 0 Å². The normalized spacial score (nSPS) is 12.6. The van der Waals surface area contributed by atoms with Gasteiger partial charge in [0.15, 0.2) is 0 Å². The molecular weight excluding hydrogens is 558 g/mol. The molecule has 0 aliphatic rings. The van der Waals surface area contributed by atoms with E-state index in [9.17, 15) is 18.0 Å². The van der Waals surface area contributed by atoms with Gasteiger partial charge < -0.3 is 10.2 Å². The van der Waals surface area contributed by atoms with E-state index in [-0.39, 0.29) is 29.8 Å². The first-order valence-electron chi connectivity index (χ1n) is 14.5. The van der Waals surface area contributed by atoms with Crippen molar-refractivity contribution in [3.8, 4) is 0 Å². The standard InChI is InChI=1S/C35H39N3O4S/c1-4-28(3)36-35(40)33(24-29-17-8-5-9-18-29)37(25-30-19-10-6-11-20-30)34(39)26-38(32-23-15-14-16-27(32)2)43(41,42)31-21-12-7-13-22-31/h5-23,28,33H,4,24-26H2,1-3H3,(H,36,40). The van der Waals surface area contributed by atoms with Crippen molar-refractivity contribution in [2.45, 2.75) is 57.1 Å². The largest absolute Gasteiger partial charge is 0.352 e. The summed E-state index contributed by atoms with van der Waals surface area (Å²) in [5.74, 6) is -0.761. The lowest BCUT2D eigenvalue weighted by atomic mass is 10.0. The molecule has 7 nitrogen and oxygen atoms in total. The quantitative estimate of drug-likeness (QED) is 0.213. The number of rotatable bonds is 13. The second-order valence-corrected chi connectivity index (χ2v) is 12.5. The van der Waals surface area contributed by atoms with E-state index in [4.69, 9.17) is 0 Å². The fourth-order valence-electron chi connectivity index (χ4n) is 4.85. The maximum atomic E-state index is 14.5. The Morgan fingerprint density at radius 3 is 1.88 bits per heavy atom. The summed E-state index contributed by atoms with van der Waals surface area (Å²) >= 11 is 0. The molecule has 0 heterocycles. The van der Waals surface area contributed by atoms with Crippen molar-refractivity contribution in [1.29, 1.82) is 0 Å². The van der Waals surface area contributed by atoms with Gasteiger partial charge in [0.2, 0.25) is 11.8 Å². The van der Waals surface area contributed by atoms with Gasteiger partial charge in [0.05, 0.1) is 10.6 Å². The Balaban J connectivity index is 1.79. The molecule has 43 heavy (non-hydrogen) atoms. The van der Waals surface area contributed by atoms with Crippen molar-refractivity contribution in [3.05, 3.63) is 132 Å². The van der Waals surface area contributed by atoms with Crippen LogP contribution in [-0.4, -0.2) is 43.8 Å². The number of hydrogen-bond acceptors (Lipinski definition) is 4. The number of aryl methyl sites for hydroxylation is 1. The topological polar surface area (TPSA) is 86.8 Å². The number of sulfonamides is 1. The van der Waals surface area contributed by atoms with E-state index in [2.05, 4.69) is 5.32 Å². The Morgan fingerprint density at radius 1 is 0.767 bits per heavy atom. The zero-order chi connectivity index (χ0) is 30.8. The van der Waals surface area contributed by atoms with Crippen LogP contribution in [0.1, 0.15) is 37.0 Å². The lowest BCUT2D eigenvalue weighted by molar-refractivity contribution is -0.140. The average molecular weight is 598 g/mol. The summed E-state index contributed by atoms with van der Waals surface area (Å²) in [5.41, 5.74) is 2.84. The molecule has 4 aromatic carbocycles. The van der Waals surface area contributed by atoms with Gasteiger partial charge in [-0.1, -0.05) is 104 Å². The first-order chi connectivity index (χ1) is 20.7. The molecule has 2 atom stereocenters. The Kier molecular flexibility index (Phi) is 10.7. The summed E-state index contributed by atoms with van der Waals surface area (Å²) in [7, 11) is -4.12. The Hall–Kier alpha value is -4.43. The van der Waals surface area contributed by atoms with Gasteiger partial charge in [0.25, 0.3) is 10.0 Å². The molecule has 0 saturated carbocycles. The van der Waals surface area contributed by atoms with Gasteiger partial charge in [-0.05, 0) is 55.2 Å². The Labute approximate surface area is 255 Å². The zero-order valence-corrected chi connectivity index (χ0v) is 25.7. The highest BCUT2D eigenvalue weighted by Crippen LogP contribution is 2.27. The highest BCUT2D eigenvalue weighted by molar-refractivity contribution is 7.92. The number of benzene rings is 4. The van der Waals surface area contributed by atoms with Gasteiger partial charge in [-0.3, -0.25) is 13.9 Å². The second kappa shape index (κ2) is 14.6. The molecule has 1 N–H and O–H groups in total. The smallest absolute Gasteiger partial charge is 0.264 e. The number of amides is 2. The van der Waals surface area contributed by atoms with E-state index in [1.54, 1.807) is 30.3 Å². The Morgan fingerprint density at radius 2 is 1.30 bits per heavy atom. The van der Waals surface area contributed by atoms with Gasteiger partial charge in [-0.25, -0.2) is 8.42 Å². The lowest BCUT2D eigenvalue weighted by Crippen LogP contribution is -2.54. The molecule has 8 heteroatoms. The molecule has 0 spiro atoms. The third-order valence-electron chi connectivity index (χ3n) is 7.46. The van der Waals surface area contributed by atoms with E-state index < -0.39 is 28.5 Å². The third kappa shape index (κ3) is 8.11. The number of nitrogens with zero attached hydrogens (tertiary/aromatic N) is 2. The van der Waals surface area contributed by atoms with Crippen LogP contribution < -0.4 is 9.62 Å². The molecule has 2 amide bonds. The minimum atomic E-state index is -4.12. The number of hydrogen-bond donors (Lipinski definition) is 1. The van der Waals surface area contributed by atoms with Crippen LogP contribution in [0, 0.1) is 6.92 Å². The van der Waals surface area contributed by atoms with Crippen molar-refractivity contribution in [2.24, 2.45) is 0 Å². The van der Waals surface area contributed by atoms with E-state index in [1.165, 1.54) is 17.0 Å². The van der Waals surface area contributed by atoms with Crippen molar-refractivity contribution in [1.82, 2.24) is 10.2 Å². The van der Waals surface area contributed by atoms with Crippen LogP contribution in [0.15, 0.2) is 120 Å².